The van der Waals surface area contributed by atoms with Crippen molar-refractivity contribution in [3.63, 3.8) is 0 Å². The van der Waals surface area contributed by atoms with E-state index in [9.17, 15) is 0 Å². The number of nitrogens with zero attached hydrogens (tertiary/aromatic N) is 1. The maximum absolute atomic E-state index is 2.43. The van der Waals surface area contributed by atoms with Crippen molar-refractivity contribution in [2.75, 3.05) is 4.90 Å². The number of rotatable bonds is 8. The van der Waals surface area contributed by atoms with Crippen molar-refractivity contribution in [2.24, 2.45) is 0 Å². The number of hydrogen-bond donors (Lipinski definition) is 0. The van der Waals surface area contributed by atoms with Crippen LogP contribution >= 0.6 is 22.7 Å². The van der Waals surface area contributed by atoms with Gasteiger partial charge < -0.3 is 4.90 Å². The van der Waals surface area contributed by atoms with Crippen LogP contribution in [0.1, 0.15) is 22.3 Å². The lowest BCUT2D eigenvalue weighted by Gasteiger charge is -2.34. The summed E-state index contributed by atoms with van der Waals surface area (Å²) in [7, 11) is 0. The Morgan fingerprint density at radius 1 is 0.271 bits per heavy atom. The van der Waals surface area contributed by atoms with E-state index in [0.717, 1.165) is 17.1 Å². The van der Waals surface area contributed by atoms with Gasteiger partial charge >= 0.3 is 0 Å². The first-order chi connectivity index (χ1) is 34.7. The van der Waals surface area contributed by atoms with Gasteiger partial charge in [0, 0.05) is 57.4 Å². The number of hydrogen-bond acceptors (Lipinski definition) is 3. The molecule has 11 aromatic carbocycles. The Kier molecular flexibility index (Phi) is 9.55. The molecule has 0 saturated heterocycles. The molecule has 70 heavy (non-hydrogen) atoms. The van der Waals surface area contributed by atoms with Crippen LogP contribution in [0.3, 0.4) is 0 Å². The van der Waals surface area contributed by atoms with Gasteiger partial charge in [0.15, 0.2) is 0 Å². The molecule has 0 amide bonds. The quantitative estimate of drug-likeness (QED) is 0.147. The summed E-state index contributed by atoms with van der Waals surface area (Å²) in [6.07, 6.45) is 0. The minimum absolute atomic E-state index is 0.465. The van der Waals surface area contributed by atoms with E-state index in [0.29, 0.717) is 0 Å². The van der Waals surface area contributed by atoms with Crippen molar-refractivity contribution in [1.29, 1.82) is 0 Å². The molecule has 1 nitrogen and oxygen atoms in total. The Balaban J connectivity index is 0.891. The highest BCUT2D eigenvalue weighted by Gasteiger charge is 2.46. The normalized spacial score (nSPS) is 12.7. The first-order valence-electron chi connectivity index (χ1n) is 24.0. The monoisotopic (exact) mass is 925 g/mol. The Labute approximate surface area is 415 Å². The molecule has 0 fully saturated rings. The summed E-state index contributed by atoms with van der Waals surface area (Å²) in [5, 5.41) is 5.28. The fourth-order valence-electron chi connectivity index (χ4n) is 11.4. The van der Waals surface area contributed by atoms with E-state index in [2.05, 4.69) is 266 Å². The average Bonchev–Trinajstić information content (AvgIpc) is 4.10. The maximum atomic E-state index is 2.43. The lowest BCUT2D eigenvalue weighted by Crippen LogP contribution is -2.28. The molecular formula is C67H43NS2. The molecule has 0 N–H and O–H groups in total. The summed E-state index contributed by atoms with van der Waals surface area (Å²) in [6, 6.07) is 96.7. The zero-order chi connectivity index (χ0) is 46.2. The van der Waals surface area contributed by atoms with Crippen LogP contribution in [0.5, 0.6) is 0 Å². The van der Waals surface area contributed by atoms with Crippen molar-refractivity contribution in [2.45, 2.75) is 5.41 Å². The highest BCUT2D eigenvalue weighted by molar-refractivity contribution is 7.26. The van der Waals surface area contributed by atoms with Crippen molar-refractivity contribution in [3.8, 4) is 44.5 Å². The molecule has 1 aliphatic rings. The van der Waals surface area contributed by atoms with E-state index >= 15 is 0 Å². The maximum Gasteiger partial charge on any atom is 0.0713 e. The minimum Gasteiger partial charge on any atom is -0.310 e. The van der Waals surface area contributed by atoms with Crippen LogP contribution < -0.4 is 4.90 Å². The third-order valence-electron chi connectivity index (χ3n) is 14.6. The summed E-state index contributed by atoms with van der Waals surface area (Å²) in [5.74, 6) is 0. The van der Waals surface area contributed by atoms with Gasteiger partial charge in [-0.3, -0.25) is 0 Å². The summed E-state index contributed by atoms with van der Waals surface area (Å²) in [6.45, 7) is 0. The van der Waals surface area contributed by atoms with Crippen LogP contribution in [-0.2, 0) is 5.41 Å². The van der Waals surface area contributed by atoms with Gasteiger partial charge in [0.2, 0.25) is 0 Å². The molecule has 0 unspecified atom stereocenters. The fourth-order valence-corrected chi connectivity index (χ4v) is 13.8. The zero-order valence-corrected chi connectivity index (χ0v) is 39.7. The Hall–Kier alpha value is -8.34. The van der Waals surface area contributed by atoms with Crippen LogP contribution in [-0.4, -0.2) is 0 Å². The van der Waals surface area contributed by atoms with Gasteiger partial charge in [0.05, 0.1) is 5.41 Å². The molecular weight excluding hydrogens is 883 g/mol. The van der Waals surface area contributed by atoms with Gasteiger partial charge in [-0.25, -0.2) is 0 Å². The number of benzene rings is 11. The van der Waals surface area contributed by atoms with Crippen LogP contribution in [0.2, 0.25) is 0 Å². The summed E-state index contributed by atoms with van der Waals surface area (Å²) in [5.41, 5.74) is 17.8. The molecule has 14 rings (SSSR count). The van der Waals surface area contributed by atoms with Crippen molar-refractivity contribution < 1.29 is 0 Å². The van der Waals surface area contributed by atoms with Gasteiger partial charge in [-0.05, 0) is 127 Å². The third-order valence-corrected chi connectivity index (χ3v) is 16.9. The van der Waals surface area contributed by atoms with Gasteiger partial charge in [0.1, 0.15) is 0 Å². The molecule has 2 heterocycles. The second-order valence-corrected chi connectivity index (χ2v) is 20.5. The molecule has 3 heteroatoms. The Bertz CT molecular complexity index is 4070. The molecule has 0 aliphatic heterocycles. The highest BCUT2D eigenvalue weighted by atomic mass is 32.1. The molecule has 13 aromatic rings. The summed E-state index contributed by atoms with van der Waals surface area (Å²) < 4.78 is 5.29. The topological polar surface area (TPSA) is 3.24 Å². The van der Waals surface area contributed by atoms with Crippen LogP contribution in [0, 0.1) is 0 Å². The molecule has 0 spiro atoms. The number of thiophene rings is 2. The number of fused-ring (bicyclic) bond motifs is 9. The lowest BCUT2D eigenvalue weighted by molar-refractivity contribution is 0.768. The largest absolute Gasteiger partial charge is 0.310 e. The molecule has 328 valence electrons. The first-order valence-corrected chi connectivity index (χ1v) is 25.6. The molecule has 0 radical (unpaired) electrons. The summed E-state index contributed by atoms with van der Waals surface area (Å²) in [4.78, 5) is 2.43. The van der Waals surface area contributed by atoms with Crippen molar-refractivity contribution in [3.05, 3.63) is 283 Å². The zero-order valence-electron chi connectivity index (χ0n) is 38.1. The van der Waals surface area contributed by atoms with Crippen LogP contribution in [0.4, 0.5) is 17.1 Å². The van der Waals surface area contributed by atoms with E-state index in [1.165, 1.54) is 107 Å². The van der Waals surface area contributed by atoms with Gasteiger partial charge in [0.25, 0.3) is 0 Å². The predicted octanol–water partition coefficient (Wildman–Crippen LogP) is 19.3. The second kappa shape index (κ2) is 16.4. The predicted molar refractivity (Wildman–Crippen MR) is 301 cm³/mol. The first kappa shape index (κ1) is 40.7. The molecule has 0 bridgehead atoms. The minimum atomic E-state index is -0.465. The molecule has 2 aromatic heterocycles. The standard InChI is InChI=1S/C67H43NS2/c1-3-17-49(18-4-1)67(50-19-5-2-6-20-50)61-26-10-7-21-55(61)60-43-53(38-40-62(60)67)68(52-36-31-45(32-37-52)47-33-39-58-56-22-8-11-27-63(56)69-65(58)42-47)51-34-29-44(30-35-51)46-15-13-16-48(41-46)54-24-14-25-59-57-23-9-12-28-64(57)70-66(54)59/h1-43H. The third kappa shape index (κ3) is 6.43. The van der Waals surface area contributed by atoms with Crippen molar-refractivity contribution >= 4 is 80.1 Å². The van der Waals surface area contributed by atoms with Gasteiger partial charge in [-0.15, -0.1) is 22.7 Å². The van der Waals surface area contributed by atoms with E-state index in [1.807, 2.05) is 22.7 Å². The highest BCUT2D eigenvalue weighted by Crippen LogP contribution is 2.57. The van der Waals surface area contributed by atoms with Gasteiger partial charge in [-0.2, -0.15) is 0 Å². The Morgan fingerprint density at radius 2 is 0.771 bits per heavy atom. The van der Waals surface area contributed by atoms with E-state index < -0.39 is 5.41 Å². The van der Waals surface area contributed by atoms with Crippen LogP contribution in [0.15, 0.2) is 261 Å². The molecule has 0 atom stereocenters. The van der Waals surface area contributed by atoms with Gasteiger partial charge in [-0.1, -0.05) is 200 Å². The van der Waals surface area contributed by atoms with E-state index in [1.54, 1.807) is 0 Å². The van der Waals surface area contributed by atoms with E-state index in [4.69, 9.17) is 0 Å². The fraction of sp³-hybridized carbons (Fsp3) is 0.0149. The Morgan fingerprint density at radius 3 is 1.49 bits per heavy atom. The van der Waals surface area contributed by atoms with Crippen LogP contribution in [0.25, 0.3) is 84.9 Å². The lowest BCUT2D eigenvalue weighted by atomic mass is 9.68. The van der Waals surface area contributed by atoms with Crippen molar-refractivity contribution in [1.82, 2.24) is 0 Å². The summed E-state index contributed by atoms with van der Waals surface area (Å²) >= 11 is 3.75. The SMILES string of the molecule is c1ccc(C2(c3ccccc3)c3ccccc3-c3cc(N(c4ccc(-c5cccc(-c6cccc7c6sc6ccccc67)c5)cc4)c4ccc(-c5ccc6c(c5)sc5ccccc56)cc4)ccc32)cc1. The molecule has 0 saturated carbocycles. The molecule has 1 aliphatic carbocycles. The number of anilines is 3. The second-order valence-electron chi connectivity index (χ2n) is 18.4. The van der Waals surface area contributed by atoms with E-state index in [-0.39, 0.29) is 0 Å². The average molecular weight is 926 g/mol. The smallest absolute Gasteiger partial charge is 0.0713 e.